The van der Waals surface area contributed by atoms with Gasteiger partial charge in [0.2, 0.25) is 0 Å². The van der Waals surface area contributed by atoms with Crippen LogP contribution in [0.15, 0.2) is 0 Å². The van der Waals surface area contributed by atoms with E-state index in [1.54, 1.807) is 6.92 Å². The van der Waals surface area contributed by atoms with Gasteiger partial charge in [-0.05, 0) is 19.3 Å². The number of morpholine rings is 1. The molecule has 1 saturated carbocycles. The molecule has 6 heteroatoms. The summed E-state index contributed by atoms with van der Waals surface area (Å²) in [4.78, 5) is 25.3. The SMILES string of the molecule is CCOC(=O)CCNC(=O)N1CCO[C@H](CC2CCCCC2)C1. The summed E-state index contributed by atoms with van der Waals surface area (Å²) >= 11 is 0. The van der Waals surface area contributed by atoms with Gasteiger partial charge in [-0.1, -0.05) is 32.1 Å². The number of esters is 1. The van der Waals surface area contributed by atoms with Crippen LogP contribution >= 0.6 is 0 Å². The third-order valence-electron chi connectivity index (χ3n) is 4.66. The number of hydrogen-bond acceptors (Lipinski definition) is 4. The third-order valence-corrected chi connectivity index (χ3v) is 4.66. The largest absolute Gasteiger partial charge is 0.466 e. The first-order valence-electron chi connectivity index (χ1n) is 8.99. The van der Waals surface area contributed by atoms with E-state index in [0.29, 0.717) is 32.8 Å². The van der Waals surface area contributed by atoms with E-state index in [-0.39, 0.29) is 24.5 Å². The Labute approximate surface area is 138 Å². The van der Waals surface area contributed by atoms with Crippen LogP contribution in [0.5, 0.6) is 0 Å². The van der Waals surface area contributed by atoms with Crippen molar-refractivity contribution in [3.05, 3.63) is 0 Å². The fourth-order valence-corrected chi connectivity index (χ4v) is 3.46. The van der Waals surface area contributed by atoms with E-state index in [4.69, 9.17) is 9.47 Å². The lowest BCUT2D eigenvalue weighted by molar-refractivity contribution is -0.142. The highest BCUT2D eigenvalue weighted by molar-refractivity contribution is 5.75. The fraction of sp³-hybridized carbons (Fsp3) is 0.882. The van der Waals surface area contributed by atoms with E-state index >= 15 is 0 Å². The molecular formula is C17H30N2O4. The van der Waals surface area contributed by atoms with E-state index in [0.717, 1.165) is 12.3 Å². The van der Waals surface area contributed by atoms with Gasteiger partial charge in [-0.3, -0.25) is 4.79 Å². The predicted octanol–water partition coefficient (Wildman–Crippen LogP) is 2.32. The van der Waals surface area contributed by atoms with Gasteiger partial charge >= 0.3 is 12.0 Å². The predicted molar refractivity (Wildman–Crippen MR) is 87.2 cm³/mol. The van der Waals surface area contributed by atoms with Crippen molar-refractivity contribution in [3.63, 3.8) is 0 Å². The van der Waals surface area contributed by atoms with Gasteiger partial charge in [-0.25, -0.2) is 4.79 Å². The van der Waals surface area contributed by atoms with Crippen molar-refractivity contribution >= 4 is 12.0 Å². The Balaban J connectivity index is 1.67. The van der Waals surface area contributed by atoms with Gasteiger partial charge in [0.15, 0.2) is 0 Å². The first-order valence-corrected chi connectivity index (χ1v) is 8.99. The summed E-state index contributed by atoms with van der Waals surface area (Å²) in [5, 5.41) is 2.80. The van der Waals surface area contributed by atoms with Gasteiger partial charge in [0.1, 0.15) is 0 Å². The van der Waals surface area contributed by atoms with Crippen LogP contribution in [0, 0.1) is 5.92 Å². The lowest BCUT2D eigenvalue weighted by atomic mass is 9.85. The van der Waals surface area contributed by atoms with Crippen molar-refractivity contribution in [1.82, 2.24) is 10.2 Å². The number of carbonyl (C=O) groups is 2. The minimum Gasteiger partial charge on any atom is -0.466 e. The van der Waals surface area contributed by atoms with E-state index < -0.39 is 0 Å². The minimum absolute atomic E-state index is 0.105. The molecule has 2 rings (SSSR count). The molecule has 0 aromatic rings. The normalized spacial score (nSPS) is 22.7. The van der Waals surface area contributed by atoms with E-state index in [9.17, 15) is 9.59 Å². The first-order chi connectivity index (χ1) is 11.2. The summed E-state index contributed by atoms with van der Waals surface area (Å²) in [5.41, 5.74) is 0. The second-order valence-electron chi connectivity index (χ2n) is 6.47. The van der Waals surface area contributed by atoms with Crippen LogP contribution in [0.4, 0.5) is 4.79 Å². The van der Waals surface area contributed by atoms with E-state index in [2.05, 4.69) is 5.32 Å². The molecular weight excluding hydrogens is 296 g/mol. The number of ether oxygens (including phenoxy) is 2. The molecule has 1 saturated heterocycles. The molecule has 0 bridgehead atoms. The summed E-state index contributed by atoms with van der Waals surface area (Å²) < 4.78 is 10.7. The van der Waals surface area contributed by atoms with Crippen LogP contribution in [0.1, 0.15) is 51.9 Å². The highest BCUT2D eigenvalue weighted by Crippen LogP contribution is 2.28. The molecule has 6 nitrogen and oxygen atoms in total. The maximum atomic E-state index is 12.2. The van der Waals surface area contributed by atoms with Gasteiger partial charge in [-0.15, -0.1) is 0 Å². The number of hydrogen-bond donors (Lipinski definition) is 1. The van der Waals surface area contributed by atoms with Crippen molar-refractivity contribution in [2.45, 2.75) is 58.0 Å². The Morgan fingerprint density at radius 2 is 2.04 bits per heavy atom. The number of nitrogens with one attached hydrogen (secondary N) is 1. The first kappa shape index (κ1) is 18.0. The van der Waals surface area contributed by atoms with Crippen LogP contribution in [0.2, 0.25) is 0 Å². The summed E-state index contributed by atoms with van der Waals surface area (Å²) in [6, 6.07) is -0.105. The zero-order chi connectivity index (χ0) is 16.5. The van der Waals surface area contributed by atoms with Crippen molar-refractivity contribution < 1.29 is 19.1 Å². The van der Waals surface area contributed by atoms with Crippen molar-refractivity contribution in [1.29, 1.82) is 0 Å². The zero-order valence-electron chi connectivity index (χ0n) is 14.2. The molecule has 0 unspecified atom stereocenters. The van der Waals surface area contributed by atoms with Crippen molar-refractivity contribution in [2.24, 2.45) is 5.92 Å². The number of nitrogens with zero attached hydrogens (tertiary/aromatic N) is 1. The number of carbonyl (C=O) groups excluding carboxylic acids is 2. The van der Waals surface area contributed by atoms with Crippen LogP contribution in [0.3, 0.4) is 0 Å². The Hall–Kier alpha value is -1.30. The quantitative estimate of drug-likeness (QED) is 0.761. The second-order valence-corrected chi connectivity index (χ2v) is 6.47. The number of amides is 2. The highest BCUT2D eigenvalue weighted by atomic mass is 16.5. The third kappa shape index (κ3) is 6.37. The van der Waals surface area contributed by atoms with Gasteiger partial charge in [0.05, 0.1) is 25.7 Å². The maximum Gasteiger partial charge on any atom is 0.317 e. The second kappa shape index (κ2) is 9.75. The average Bonchev–Trinajstić information content (AvgIpc) is 2.56. The van der Waals surface area contributed by atoms with Gasteiger partial charge in [-0.2, -0.15) is 0 Å². The fourth-order valence-electron chi connectivity index (χ4n) is 3.46. The monoisotopic (exact) mass is 326 g/mol. The molecule has 23 heavy (non-hydrogen) atoms. The number of rotatable bonds is 6. The van der Waals surface area contributed by atoms with Crippen LogP contribution in [0.25, 0.3) is 0 Å². The minimum atomic E-state index is -0.273. The zero-order valence-corrected chi connectivity index (χ0v) is 14.2. The Morgan fingerprint density at radius 1 is 1.26 bits per heavy atom. The summed E-state index contributed by atoms with van der Waals surface area (Å²) in [7, 11) is 0. The highest BCUT2D eigenvalue weighted by Gasteiger charge is 2.27. The molecule has 0 aromatic heterocycles. The average molecular weight is 326 g/mol. The molecule has 2 amide bonds. The molecule has 1 atom stereocenters. The molecule has 0 aromatic carbocycles. The molecule has 2 fully saturated rings. The Kier molecular flexibility index (Phi) is 7.65. The van der Waals surface area contributed by atoms with Gasteiger partial charge in [0.25, 0.3) is 0 Å². The van der Waals surface area contributed by atoms with E-state index in [1.807, 2.05) is 4.90 Å². The Morgan fingerprint density at radius 3 is 2.78 bits per heavy atom. The topological polar surface area (TPSA) is 67.9 Å². The van der Waals surface area contributed by atoms with Crippen LogP contribution in [-0.2, 0) is 14.3 Å². The molecule has 1 N–H and O–H groups in total. The number of urea groups is 1. The van der Waals surface area contributed by atoms with Gasteiger partial charge in [0, 0.05) is 19.6 Å². The molecule has 1 heterocycles. The molecule has 1 aliphatic heterocycles. The van der Waals surface area contributed by atoms with Crippen molar-refractivity contribution in [2.75, 3.05) is 32.8 Å². The molecule has 0 spiro atoms. The standard InChI is InChI=1S/C17H30N2O4/c1-2-22-16(20)8-9-18-17(21)19-10-11-23-15(13-19)12-14-6-4-3-5-7-14/h14-15H,2-13H2,1H3,(H,18,21)/t15-/m1/s1. The molecule has 1 aliphatic carbocycles. The summed E-state index contributed by atoms with van der Waals surface area (Å²) in [5.74, 6) is 0.477. The lowest BCUT2D eigenvalue weighted by Gasteiger charge is -2.35. The maximum absolute atomic E-state index is 12.2. The van der Waals surface area contributed by atoms with Crippen LogP contribution in [-0.4, -0.2) is 55.9 Å². The van der Waals surface area contributed by atoms with Crippen molar-refractivity contribution in [3.8, 4) is 0 Å². The van der Waals surface area contributed by atoms with Crippen LogP contribution < -0.4 is 5.32 Å². The molecule has 0 radical (unpaired) electrons. The Bertz CT molecular complexity index is 383. The smallest absolute Gasteiger partial charge is 0.317 e. The van der Waals surface area contributed by atoms with E-state index in [1.165, 1.54) is 32.1 Å². The molecule has 2 aliphatic rings. The summed E-state index contributed by atoms with van der Waals surface area (Å²) in [6.07, 6.45) is 8.05. The summed E-state index contributed by atoms with van der Waals surface area (Å²) in [6.45, 7) is 4.34. The molecule has 132 valence electrons. The lowest BCUT2D eigenvalue weighted by Crippen LogP contribution is -2.50. The van der Waals surface area contributed by atoms with Gasteiger partial charge < -0.3 is 19.7 Å².